The molecular weight excluding hydrogens is 228 g/mol. The number of fused-ring (bicyclic) bond motifs is 1. The molecule has 1 atom stereocenters. The number of rotatable bonds is 4. The Morgan fingerprint density at radius 2 is 1.83 bits per heavy atom. The largest absolute Gasteiger partial charge is 0.496 e. The van der Waals surface area contributed by atoms with E-state index in [1.807, 2.05) is 19.1 Å². The second-order valence-electron chi connectivity index (χ2n) is 4.63. The first kappa shape index (κ1) is 12.8. The van der Waals surface area contributed by atoms with Crippen molar-refractivity contribution in [3.63, 3.8) is 0 Å². The van der Waals surface area contributed by atoms with Gasteiger partial charge < -0.3 is 20.2 Å². The second-order valence-corrected chi connectivity index (χ2v) is 4.63. The number of ether oxygens (including phenoxy) is 2. The zero-order valence-electron chi connectivity index (χ0n) is 11.3. The van der Waals surface area contributed by atoms with Crippen LogP contribution in [-0.2, 0) is 6.42 Å². The van der Waals surface area contributed by atoms with Gasteiger partial charge in [0.05, 0.1) is 19.7 Å². The number of nitrogens with two attached hydrogens (primary N) is 1. The first-order chi connectivity index (χ1) is 8.58. The molecule has 1 aromatic carbocycles. The van der Waals surface area contributed by atoms with E-state index in [1.54, 1.807) is 14.2 Å². The molecule has 98 valence electrons. The number of aryl methyl sites for hydroxylation is 1. The van der Waals surface area contributed by atoms with Crippen LogP contribution in [0, 0.1) is 6.92 Å². The van der Waals surface area contributed by atoms with Crippen molar-refractivity contribution in [2.45, 2.75) is 26.3 Å². The summed E-state index contributed by atoms with van der Waals surface area (Å²) in [4.78, 5) is 3.37. The van der Waals surface area contributed by atoms with Gasteiger partial charge in [0, 0.05) is 17.1 Å². The smallest absolute Gasteiger partial charge is 0.143 e. The summed E-state index contributed by atoms with van der Waals surface area (Å²) in [6.07, 6.45) is 0.815. The predicted octanol–water partition coefficient (Wildman–Crippen LogP) is 2.38. The zero-order chi connectivity index (χ0) is 13.3. The number of hydrogen-bond acceptors (Lipinski definition) is 3. The van der Waals surface area contributed by atoms with Gasteiger partial charge in [-0.25, -0.2) is 0 Å². The quantitative estimate of drug-likeness (QED) is 0.873. The summed E-state index contributed by atoms with van der Waals surface area (Å²) in [6, 6.07) is 3.95. The van der Waals surface area contributed by atoms with E-state index in [4.69, 9.17) is 15.2 Å². The van der Waals surface area contributed by atoms with E-state index >= 15 is 0 Å². The van der Waals surface area contributed by atoms with Crippen LogP contribution in [0.25, 0.3) is 10.9 Å². The molecule has 4 heteroatoms. The lowest BCUT2D eigenvalue weighted by Crippen LogP contribution is -2.18. The van der Waals surface area contributed by atoms with Crippen LogP contribution in [0.3, 0.4) is 0 Å². The molecule has 0 saturated heterocycles. The van der Waals surface area contributed by atoms with Crippen molar-refractivity contribution in [2.24, 2.45) is 5.73 Å². The lowest BCUT2D eigenvalue weighted by atomic mass is 10.0. The molecule has 0 amide bonds. The summed E-state index contributed by atoms with van der Waals surface area (Å²) in [5, 5.41) is 1.08. The minimum absolute atomic E-state index is 0.110. The predicted molar refractivity (Wildman–Crippen MR) is 73.5 cm³/mol. The van der Waals surface area contributed by atoms with Gasteiger partial charge in [-0.05, 0) is 38.0 Å². The maximum Gasteiger partial charge on any atom is 0.143 e. The van der Waals surface area contributed by atoms with E-state index in [0.29, 0.717) is 0 Å². The molecule has 0 fully saturated rings. The van der Waals surface area contributed by atoms with Crippen molar-refractivity contribution < 1.29 is 9.47 Å². The summed E-state index contributed by atoms with van der Waals surface area (Å²) in [5.74, 6) is 1.68. The number of aromatic amines is 1. The fourth-order valence-corrected chi connectivity index (χ4v) is 2.36. The molecule has 2 rings (SSSR count). The number of aromatic nitrogens is 1. The zero-order valence-corrected chi connectivity index (χ0v) is 11.3. The summed E-state index contributed by atoms with van der Waals surface area (Å²) in [7, 11) is 3.35. The number of methoxy groups -OCH3 is 2. The third kappa shape index (κ3) is 2.04. The van der Waals surface area contributed by atoms with Crippen molar-refractivity contribution in [3.05, 3.63) is 23.4 Å². The van der Waals surface area contributed by atoms with Crippen LogP contribution in [0.4, 0.5) is 0 Å². The molecule has 0 bridgehead atoms. The van der Waals surface area contributed by atoms with Crippen LogP contribution in [-0.4, -0.2) is 25.2 Å². The molecule has 1 unspecified atom stereocenters. The average Bonchev–Trinajstić information content (AvgIpc) is 2.65. The molecule has 0 aliphatic heterocycles. The van der Waals surface area contributed by atoms with E-state index in [1.165, 1.54) is 5.56 Å². The number of nitrogens with one attached hydrogen (secondary N) is 1. The monoisotopic (exact) mass is 248 g/mol. The molecule has 0 saturated carbocycles. The summed E-state index contributed by atoms with van der Waals surface area (Å²) in [5.41, 5.74) is 9.22. The van der Waals surface area contributed by atoms with E-state index in [9.17, 15) is 0 Å². The van der Waals surface area contributed by atoms with Gasteiger partial charge in [0.2, 0.25) is 0 Å². The van der Waals surface area contributed by atoms with Crippen LogP contribution in [0.2, 0.25) is 0 Å². The highest BCUT2D eigenvalue weighted by atomic mass is 16.5. The van der Waals surface area contributed by atoms with Crippen molar-refractivity contribution in [3.8, 4) is 11.5 Å². The van der Waals surface area contributed by atoms with Crippen molar-refractivity contribution >= 4 is 10.9 Å². The van der Waals surface area contributed by atoms with E-state index in [0.717, 1.165) is 34.5 Å². The lowest BCUT2D eigenvalue weighted by Gasteiger charge is -2.09. The van der Waals surface area contributed by atoms with Crippen LogP contribution in [0.5, 0.6) is 11.5 Å². The van der Waals surface area contributed by atoms with Gasteiger partial charge in [-0.2, -0.15) is 0 Å². The highest BCUT2D eigenvalue weighted by Crippen LogP contribution is 2.37. The van der Waals surface area contributed by atoms with Crippen molar-refractivity contribution in [1.82, 2.24) is 4.98 Å². The lowest BCUT2D eigenvalue weighted by molar-refractivity contribution is 0.410. The van der Waals surface area contributed by atoms with Crippen molar-refractivity contribution in [2.75, 3.05) is 14.2 Å². The van der Waals surface area contributed by atoms with Gasteiger partial charge in [0.25, 0.3) is 0 Å². The standard InChI is InChI=1S/C14H20N2O2/c1-8(15)7-10-9(2)16-14-12(18-4)6-5-11(17-3)13(10)14/h5-6,8,16H,7,15H2,1-4H3. The molecule has 18 heavy (non-hydrogen) atoms. The molecule has 1 heterocycles. The molecule has 0 aliphatic carbocycles. The van der Waals surface area contributed by atoms with Gasteiger partial charge in [0.1, 0.15) is 11.5 Å². The molecule has 4 nitrogen and oxygen atoms in total. The Hall–Kier alpha value is -1.68. The fraction of sp³-hybridized carbons (Fsp3) is 0.429. The highest BCUT2D eigenvalue weighted by Gasteiger charge is 2.17. The first-order valence-electron chi connectivity index (χ1n) is 6.06. The topological polar surface area (TPSA) is 60.3 Å². The van der Waals surface area contributed by atoms with Gasteiger partial charge in [-0.1, -0.05) is 0 Å². The Bertz CT molecular complexity index is 558. The van der Waals surface area contributed by atoms with Crippen LogP contribution in [0.15, 0.2) is 12.1 Å². The SMILES string of the molecule is COc1ccc(OC)c2c(CC(C)N)c(C)[nH]c12. The Morgan fingerprint density at radius 3 is 2.39 bits per heavy atom. The van der Waals surface area contributed by atoms with Gasteiger partial charge in [-0.15, -0.1) is 0 Å². The fourth-order valence-electron chi connectivity index (χ4n) is 2.36. The van der Waals surface area contributed by atoms with E-state index in [-0.39, 0.29) is 6.04 Å². The molecule has 1 aromatic heterocycles. The summed E-state index contributed by atoms with van der Waals surface area (Å²) in [6.45, 7) is 4.06. The molecule has 0 aliphatic rings. The normalized spacial score (nSPS) is 12.7. The van der Waals surface area contributed by atoms with Gasteiger partial charge in [0.15, 0.2) is 0 Å². The third-order valence-electron chi connectivity index (χ3n) is 3.16. The van der Waals surface area contributed by atoms with Crippen LogP contribution in [0.1, 0.15) is 18.2 Å². The minimum atomic E-state index is 0.110. The van der Waals surface area contributed by atoms with Crippen LogP contribution >= 0.6 is 0 Å². The highest BCUT2D eigenvalue weighted by molar-refractivity contribution is 5.94. The maximum atomic E-state index is 5.92. The summed E-state index contributed by atoms with van der Waals surface area (Å²) < 4.78 is 10.8. The molecule has 2 aromatic rings. The first-order valence-corrected chi connectivity index (χ1v) is 6.06. The van der Waals surface area contributed by atoms with Gasteiger partial charge >= 0.3 is 0 Å². The summed E-state index contributed by atoms with van der Waals surface area (Å²) >= 11 is 0. The molecule has 0 spiro atoms. The van der Waals surface area contributed by atoms with E-state index in [2.05, 4.69) is 11.9 Å². The van der Waals surface area contributed by atoms with Gasteiger partial charge in [-0.3, -0.25) is 0 Å². The Kier molecular flexibility index (Phi) is 3.48. The average molecular weight is 248 g/mol. The van der Waals surface area contributed by atoms with Crippen LogP contribution < -0.4 is 15.2 Å². The number of hydrogen-bond donors (Lipinski definition) is 2. The molecule has 3 N–H and O–H groups in total. The Balaban J connectivity index is 2.73. The minimum Gasteiger partial charge on any atom is -0.496 e. The Morgan fingerprint density at radius 1 is 1.22 bits per heavy atom. The Labute approximate surface area is 107 Å². The van der Waals surface area contributed by atoms with Crippen molar-refractivity contribution in [1.29, 1.82) is 0 Å². The molecular formula is C14H20N2O2. The van der Waals surface area contributed by atoms with E-state index < -0.39 is 0 Å². The molecule has 0 radical (unpaired) electrons. The maximum absolute atomic E-state index is 5.92. The number of H-pyrrole nitrogens is 1. The second kappa shape index (κ2) is 4.90. The third-order valence-corrected chi connectivity index (χ3v) is 3.16. The number of benzene rings is 1.